The maximum absolute atomic E-state index is 12.6. The van der Waals surface area contributed by atoms with Crippen LogP contribution in [0, 0.1) is 6.92 Å². The molecule has 0 atom stereocenters. The van der Waals surface area contributed by atoms with Gasteiger partial charge in [0.2, 0.25) is 0 Å². The van der Waals surface area contributed by atoms with Gasteiger partial charge in [0, 0.05) is 24.2 Å². The normalized spacial score (nSPS) is 14.0. The van der Waals surface area contributed by atoms with Crippen LogP contribution in [0.15, 0.2) is 48.7 Å². The van der Waals surface area contributed by atoms with Gasteiger partial charge in [-0.25, -0.2) is 9.78 Å². The molecule has 0 spiro atoms. The third-order valence-corrected chi connectivity index (χ3v) is 5.51. The maximum Gasteiger partial charge on any atom is 0.335 e. The van der Waals surface area contributed by atoms with Gasteiger partial charge in [0.15, 0.2) is 0 Å². The molecule has 0 aliphatic carbocycles. The molecule has 1 aliphatic heterocycles. The third-order valence-electron chi connectivity index (χ3n) is 5.51. The van der Waals surface area contributed by atoms with Gasteiger partial charge < -0.3 is 15.0 Å². The van der Waals surface area contributed by atoms with Gasteiger partial charge in [-0.3, -0.25) is 4.79 Å². The number of carbonyl (C=O) groups is 2. The summed E-state index contributed by atoms with van der Waals surface area (Å²) in [5, 5.41) is 12.1. The summed E-state index contributed by atoms with van der Waals surface area (Å²) in [4.78, 5) is 28.4. The molecule has 6 heteroatoms. The molecule has 0 radical (unpaired) electrons. The first kappa shape index (κ1) is 20.6. The molecule has 0 fully saturated rings. The Kier molecular flexibility index (Phi) is 5.71. The Morgan fingerprint density at radius 3 is 2.68 bits per heavy atom. The van der Waals surface area contributed by atoms with Gasteiger partial charge in [-0.1, -0.05) is 37.1 Å². The molecule has 0 saturated heterocycles. The molecular weight excluding hydrogens is 390 g/mol. The quantitative estimate of drug-likeness (QED) is 0.544. The van der Waals surface area contributed by atoms with Gasteiger partial charge in [0.05, 0.1) is 23.0 Å². The average Bonchev–Trinajstić information content (AvgIpc) is 3.27. The zero-order valence-corrected chi connectivity index (χ0v) is 17.7. The van der Waals surface area contributed by atoms with Crippen LogP contribution in [-0.4, -0.2) is 26.5 Å². The molecule has 2 aromatic carbocycles. The van der Waals surface area contributed by atoms with Gasteiger partial charge in [-0.05, 0) is 49.2 Å². The molecule has 0 saturated carbocycles. The van der Waals surface area contributed by atoms with Gasteiger partial charge in [0.1, 0.15) is 5.82 Å². The molecule has 0 bridgehead atoms. The number of unbranched alkanes of at least 4 members (excludes halogenated alkanes) is 1. The summed E-state index contributed by atoms with van der Waals surface area (Å²) in [6.07, 6.45) is 6.63. The molecule has 158 valence electrons. The van der Waals surface area contributed by atoms with Crippen molar-refractivity contribution in [3.8, 4) is 0 Å². The number of aryl methyl sites for hydroxylation is 2. The number of rotatable bonds is 7. The molecule has 3 aromatic rings. The molecule has 6 nitrogen and oxygen atoms in total. The van der Waals surface area contributed by atoms with Crippen molar-refractivity contribution in [3.05, 3.63) is 82.4 Å². The number of hydrogen-bond acceptors (Lipinski definition) is 3. The first-order chi connectivity index (χ1) is 15.0. The van der Waals surface area contributed by atoms with Crippen molar-refractivity contribution in [1.29, 1.82) is 0 Å². The number of aromatic nitrogens is 2. The van der Waals surface area contributed by atoms with E-state index in [0.717, 1.165) is 53.2 Å². The van der Waals surface area contributed by atoms with Crippen LogP contribution in [0.1, 0.15) is 58.3 Å². The number of carboxylic acid groups (broad SMARTS) is 1. The highest BCUT2D eigenvalue weighted by atomic mass is 16.4. The minimum Gasteiger partial charge on any atom is -0.478 e. The molecule has 1 amide bonds. The van der Waals surface area contributed by atoms with Crippen LogP contribution in [0.25, 0.3) is 11.6 Å². The van der Waals surface area contributed by atoms with Crippen molar-refractivity contribution in [2.45, 2.75) is 39.7 Å². The van der Waals surface area contributed by atoms with Crippen LogP contribution in [-0.2, 0) is 17.8 Å². The lowest BCUT2D eigenvalue weighted by atomic mass is 10.0. The number of carboxylic acids is 1. The number of hydrogen-bond donors (Lipinski definition) is 2. The van der Waals surface area contributed by atoms with E-state index in [1.54, 1.807) is 12.1 Å². The lowest BCUT2D eigenvalue weighted by molar-refractivity contribution is -0.110. The number of imidazole rings is 1. The number of carbonyl (C=O) groups excluding carboxylic acids is 1. The lowest BCUT2D eigenvalue weighted by Crippen LogP contribution is -2.09. The van der Waals surface area contributed by atoms with Gasteiger partial charge in [-0.15, -0.1) is 0 Å². The summed E-state index contributed by atoms with van der Waals surface area (Å²) in [6.45, 7) is 4.71. The molecule has 0 unspecified atom stereocenters. The highest BCUT2D eigenvalue weighted by Crippen LogP contribution is 2.34. The largest absolute Gasteiger partial charge is 0.478 e. The first-order valence-corrected chi connectivity index (χ1v) is 10.5. The Morgan fingerprint density at radius 2 is 1.97 bits per heavy atom. The second-order valence-electron chi connectivity index (χ2n) is 7.85. The second kappa shape index (κ2) is 8.60. The maximum atomic E-state index is 12.6. The van der Waals surface area contributed by atoms with E-state index in [1.807, 2.05) is 49.5 Å². The number of amides is 1. The van der Waals surface area contributed by atoms with Crippen molar-refractivity contribution in [3.63, 3.8) is 0 Å². The molecule has 1 aliphatic rings. The fraction of sp³-hybridized carbons (Fsp3) is 0.240. The standard InChI is InChI=1S/C25H25N3O3/c1-3-4-5-23-26-14-19(28(23)15-17-7-9-18(10-8-17)25(30)31)13-21-20-12-16(2)6-11-22(20)27-24(21)29/h6-14H,3-5,15H2,1-2H3,(H,27,29)(H,30,31). The first-order valence-electron chi connectivity index (χ1n) is 10.5. The minimum absolute atomic E-state index is 0.116. The Labute approximate surface area is 181 Å². The Hall–Kier alpha value is -3.67. The zero-order valence-electron chi connectivity index (χ0n) is 17.7. The monoisotopic (exact) mass is 415 g/mol. The number of benzene rings is 2. The van der Waals surface area contributed by atoms with E-state index in [2.05, 4.69) is 21.8 Å². The Bertz CT molecular complexity index is 1170. The van der Waals surface area contributed by atoms with Crippen LogP contribution >= 0.6 is 0 Å². The SMILES string of the molecule is CCCCc1ncc(C=C2C(=O)Nc3ccc(C)cc32)n1Cc1ccc(C(=O)O)cc1. The number of fused-ring (bicyclic) bond motifs is 1. The number of nitrogens with zero attached hydrogens (tertiary/aromatic N) is 2. The zero-order chi connectivity index (χ0) is 22.0. The van der Waals surface area contributed by atoms with Crippen LogP contribution in [0.2, 0.25) is 0 Å². The topological polar surface area (TPSA) is 84.2 Å². The smallest absolute Gasteiger partial charge is 0.335 e. The van der Waals surface area contributed by atoms with Crippen LogP contribution < -0.4 is 5.32 Å². The van der Waals surface area contributed by atoms with Crippen LogP contribution in [0.4, 0.5) is 5.69 Å². The van der Waals surface area contributed by atoms with Crippen LogP contribution in [0.5, 0.6) is 0 Å². The summed E-state index contributed by atoms with van der Waals surface area (Å²) in [5.74, 6) is -0.0995. The van der Waals surface area contributed by atoms with Gasteiger partial charge in [-0.2, -0.15) is 0 Å². The predicted molar refractivity (Wildman–Crippen MR) is 121 cm³/mol. The number of nitrogens with one attached hydrogen (secondary N) is 1. The Morgan fingerprint density at radius 1 is 1.19 bits per heavy atom. The van der Waals surface area contributed by atoms with Crippen molar-refractivity contribution >= 4 is 29.2 Å². The summed E-state index contributed by atoms with van der Waals surface area (Å²) in [7, 11) is 0. The molecule has 2 heterocycles. The van der Waals surface area contributed by atoms with Crippen molar-refractivity contribution < 1.29 is 14.7 Å². The van der Waals surface area contributed by atoms with Crippen molar-refractivity contribution in [2.75, 3.05) is 5.32 Å². The molecule has 4 rings (SSSR count). The average molecular weight is 415 g/mol. The van der Waals surface area contributed by atoms with E-state index in [-0.39, 0.29) is 11.5 Å². The summed E-state index contributed by atoms with van der Waals surface area (Å²) in [5.41, 5.74) is 5.54. The summed E-state index contributed by atoms with van der Waals surface area (Å²) in [6, 6.07) is 12.8. The number of anilines is 1. The fourth-order valence-electron chi connectivity index (χ4n) is 3.79. The summed E-state index contributed by atoms with van der Waals surface area (Å²) >= 11 is 0. The van der Waals surface area contributed by atoms with Crippen LogP contribution in [0.3, 0.4) is 0 Å². The molecular formula is C25H25N3O3. The molecule has 2 N–H and O–H groups in total. The van der Waals surface area contributed by atoms with Gasteiger partial charge in [0.25, 0.3) is 5.91 Å². The fourth-order valence-corrected chi connectivity index (χ4v) is 3.79. The highest BCUT2D eigenvalue weighted by molar-refractivity contribution is 6.34. The minimum atomic E-state index is -0.940. The van der Waals surface area contributed by atoms with Crippen molar-refractivity contribution in [2.24, 2.45) is 0 Å². The second-order valence-corrected chi connectivity index (χ2v) is 7.85. The van der Waals surface area contributed by atoms with E-state index in [0.29, 0.717) is 12.1 Å². The van der Waals surface area contributed by atoms with E-state index >= 15 is 0 Å². The van der Waals surface area contributed by atoms with E-state index < -0.39 is 5.97 Å². The third kappa shape index (κ3) is 4.28. The summed E-state index contributed by atoms with van der Waals surface area (Å²) < 4.78 is 2.11. The number of aromatic carboxylic acids is 1. The predicted octanol–water partition coefficient (Wildman–Crippen LogP) is 4.77. The molecule has 31 heavy (non-hydrogen) atoms. The highest BCUT2D eigenvalue weighted by Gasteiger charge is 2.24. The van der Waals surface area contributed by atoms with E-state index in [1.165, 1.54) is 0 Å². The Balaban J connectivity index is 1.73. The molecule has 1 aromatic heterocycles. The van der Waals surface area contributed by atoms with Gasteiger partial charge >= 0.3 is 5.97 Å². The van der Waals surface area contributed by atoms with E-state index in [4.69, 9.17) is 5.11 Å². The van der Waals surface area contributed by atoms with E-state index in [9.17, 15) is 9.59 Å². The van der Waals surface area contributed by atoms with Crippen molar-refractivity contribution in [1.82, 2.24) is 9.55 Å². The lowest BCUT2D eigenvalue weighted by Gasteiger charge is -2.11.